The summed E-state index contributed by atoms with van der Waals surface area (Å²) >= 11 is 0. The topological polar surface area (TPSA) is 58.4 Å². The quantitative estimate of drug-likeness (QED) is 0.520. The van der Waals surface area contributed by atoms with Crippen LogP contribution in [0.5, 0.6) is 0 Å². The Morgan fingerprint density at radius 3 is 2.80 bits per heavy atom. The third-order valence-electron chi connectivity index (χ3n) is 3.61. The minimum atomic E-state index is -0.331. The van der Waals surface area contributed by atoms with Crippen LogP contribution in [-0.2, 0) is 0 Å². The van der Waals surface area contributed by atoms with E-state index in [1.165, 1.54) is 0 Å². The Bertz CT molecular complexity index is 528. The summed E-state index contributed by atoms with van der Waals surface area (Å²) < 4.78 is 0. The number of aryl methyl sites for hydroxylation is 1. The molecule has 0 unspecified atom stereocenters. The fourth-order valence-corrected chi connectivity index (χ4v) is 2.50. The number of hydrogen-bond donors (Lipinski definition) is 1. The van der Waals surface area contributed by atoms with E-state index in [1.54, 1.807) is 12.1 Å². The van der Waals surface area contributed by atoms with E-state index >= 15 is 0 Å². The van der Waals surface area contributed by atoms with Crippen molar-refractivity contribution in [2.24, 2.45) is 0 Å². The Kier molecular flexibility index (Phi) is 4.59. The Morgan fingerprint density at radius 2 is 2.20 bits per heavy atom. The van der Waals surface area contributed by atoms with E-state index in [1.807, 2.05) is 13.0 Å². The standard InChI is InChI=1S/C15H19N3O2/c1-3-8-17-9-6-13(7-10-17)16-14-5-4-12(2)11-15(14)18(19)20/h1,4-5,11,13,16H,6-10H2,2H3. The molecule has 2 rings (SSSR count). The minimum Gasteiger partial charge on any atom is -0.377 e. The lowest BCUT2D eigenvalue weighted by molar-refractivity contribution is -0.384. The van der Waals surface area contributed by atoms with Gasteiger partial charge in [-0.3, -0.25) is 15.0 Å². The van der Waals surface area contributed by atoms with Crippen molar-refractivity contribution in [1.29, 1.82) is 0 Å². The maximum Gasteiger partial charge on any atom is 0.292 e. The first-order valence-corrected chi connectivity index (χ1v) is 6.77. The number of anilines is 1. The molecule has 0 saturated carbocycles. The fraction of sp³-hybridized carbons (Fsp3) is 0.467. The van der Waals surface area contributed by atoms with Gasteiger partial charge in [-0.2, -0.15) is 0 Å². The van der Waals surface area contributed by atoms with Crippen LogP contribution in [0.4, 0.5) is 11.4 Å². The highest BCUT2D eigenvalue weighted by atomic mass is 16.6. The average Bonchev–Trinajstić information content (AvgIpc) is 2.43. The van der Waals surface area contributed by atoms with Gasteiger partial charge in [-0.25, -0.2) is 0 Å². The zero-order valence-electron chi connectivity index (χ0n) is 11.6. The summed E-state index contributed by atoms with van der Waals surface area (Å²) in [6, 6.07) is 5.56. The van der Waals surface area contributed by atoms with Crippen molar-refractivity contribution < 1.29 is 4.92 Å². The molecule has 0 aromatic heterocycles. The summed E-state index contributed by atoms with van der Waals surface area (Å²) in [5.74, 6) is 2.65. The molecule has 1 aliphatic rings. The first kappa shape index (κ1) is 14.4. The van der Waals surface area contributed by atoms with Gasteiger partial charge >= 0.3 is 0 Å². The van der Waals surface area contributed by atoms with Crippen molar-refractivity contribution in [1.82, 2.24) is 4.90 Å². The minimum absolute atomic E-state index is 0.149. The molecule has 1 N–H and O–H groups in total. The molecular formula is C15H19N3O2. The highest BCUT2D eigenvalue weighted by Gasteiger charge is 2.21. The van der Waals surface area contributed by atoms with Crippen molar-refractivity contribution in [3.8, 4) is 12.3 Å². The first-order chi connectivity index (χ1) is 9.60. The second-order valence-electron chi connectivity index (χ2n) is 5.18. The monoisotopic (exact) mass is 273 g/mol. The Morgan fingerprint density at radius 1 is 1.50 bits per heavy atom. The fourth-order valence-electron chi connectivity index (χ4n) is 2.50. The molecule has 0 atom stereocenters. The van der Waals surface area contributed by atoms with Crippen LogP contribution < -0.4 is 5.32 Å². The lowest BCUT2D eigenvalue weighted by atomic mass is 10.0. The maximum atomic E-state index is 11.1. The van der Waals surface area contributed by atoms with Crippen LogP contribution in [0, 0.1) is 29.4 Å². The van der Waals surface area contributed by atoms with Crippen LogP contribution in [0.25, 0.3) is 0 Å². The van der Waals surface area contributed by atoms with Crippen LogP contribution in [0.15, 0.2) is 18.2 Å². The number of nitrogens with one attached hydrogen (secondary N) is 1. The van der Waals surface area contributed by atoms with Gasteiger partial charge in [0.1, 0.15) is 5.69 Å². The molecule has 1 aromatic carbocycles. The van der Waals surface area contributed by atoms with Gasteiger partial charge in [-0.1, -0.05) is 12.0 Å². The van der Waals surface area contributed by atoms with Gasteiger partial charge < -0.3 is 5.32 Å². The molecule has 0 aliphatic carbocycles. The second-order valence-corrected chi connectivity index (χ2v) is 5.18. The average molecular weight is 273 g/mol. The second kappa shape index (κ2) is 6.40. The molecule has 0 bridgehead atoms. The molecule has 5 heteroatoms. The van der Waals surface area contributed by atoms with Gasteiger partial charge in [0.15, 0.2) is 0 Å². The Balaban J connectivity index is 2.01. The molecule has 1 aromatic rings. The van der Waals surface area contributed by atoms with Crippen molar-refractivity contribution in [3.63, 3.8) is 0 Å². The number of benzene rings is 1. The highest BCUT2D eigenvalue weighted by Crippen LogP contribution is 2.27. The van der Waals surface area contributed by atoms with E-state index in [4.69, 9.17) is 6.42 Å². The summed E-state index contributed by atoms with van der Waals surface area (Å²) in [5.41, 5.74) is 1.65. The van der Waals surface area contributed by atoms with Crippen LogP contribution in [0.2, 0.25) is 0 Å². The zero-order valence-corrected chi connectivity index (χ0v) is 11.6. The first-order valence-electron chi connectivity index (χ1n) is 6.77. The van der Waals surface area contributed by atoms with Crippen molar-refractivity contribution in [2.75, 3.05) is 25.0 Å². The van der Waals surface area contributed by atoms with Crippen LogP contribution in [0.1, 0.15) is 18.4 Å². The largest absolute Gasteiger partial charge is 0.377 e. The summed E-state index contributed by atoms with van der Waals surface area (Å²) in [5, 5.41) is 14.4. The molecule has 20 heavy (non-hydrogen) atoms. The van der Waals surface area contributed by atoms with Gasteiger partial charge in [0, 0.05) is 25.2 Å². The van der Waals surface area contributed by atoms with Gasteiger partial charge in [-0.05, 0) is 31.4 Å². The summed E-state index contributed by atoms with van der Waals surface area (Å²) in [6.07, 6.45) is 7.20. The summed E-state index contributed by atoms with van der Waals surface area (Å²) in [6.45, 7) is 4.40. The molecular weight excluding hydrogens is 254 g/mol. The Labute approximate surface area is 119 Å². The van der Waals surface area contributed by atoms with Crippen molar-refractivity contribution in [3.05, 3.63) is 33.9 Å². The smallest absolute Gasteiger partial charge is 0.292 e. The molecule has 1 saturated heterocycles. The highest BCUT2D eigenvalue weighted by molar-refractivity contribution is 5.63. The molecule has 1 aliphatic heterocycles. The number of likely N-dealkylation sites (tertiary alicyclic amines) is 1. The normalized spacial score (nSPS) is 16.6. The molecule has 0 amide bonds. The van der Waals surface area contributed by atoms with Gasteiger partial charge in [-0.15, -0.1) is 6.42 Å². The van der Waals surface area contributed by atoms with Crippen molar-refractivity contribution >= 4 is 11.4 Å². The van der Waals surface area contributed by atoms with E-state index in [0.29, 0.717) is 12.2 Å². The van der Waals surface area contributed by atoms with Crippen molar-refractivity contribution in [2.45, 2.75) is 25.8 Å². The third-order valence-corrected chi connectivity index (χ3v) is 3.61. The molecule has 0 spiro atoms. The number of terminal acetylenes is 1. The van der Waals surface area contributed by atoms with E-state index < -0.39 is 0 Å². The van der Waals surface area contributed by atoms with Gasteiger partial charge in [0.05, 0.1) is 11.5 Å². The molecule has 0 radical (unpaired) electrons. The van der Waals surface area contributed by atoms with Crippen LogP contribution in [0.3, 0.4) is 0 Å². The summed E-state index contributed by atoms with van der Waals surface area (Å²) in [4.78, 5) is 13.0. The number of rotatable bonds is 4. The number of nitro benzene ring substituents is 1. The molecule has 1 fully saturated rings. The number of piperidine rings is 1. The number of nitro groups is 1. The maximum absolute atomic E-state index is 11.1. The zero-order chi connectivity index (χ0) is 14.5. The Hall–Kier alpha value is -2.06. The molecule has 5 nitrogen and oxygen atoms in total. The van der Waals surface area contributed by atoms with Gasteiger partial charge in [0.25, 0.3) is 5.69 Å². The lowest BCUT2D eigenvalue weighted by Gasteiger charge is -2.31. The predicted octanol–water partition coefficient (Wildman–Crippen LogP) is 2.41. The summed E-state index contributed by atoms with van der Waals surface area (Å²) in [7, 11) is 0. The number of nitrogens with zero attached hydrogens (tertiary/aromatic N) is 2. The van der Waals surface area contributed by atoms with E-state index in [2.05, 4.69) is 16.1 Å². The van der Waals surface area contributed by atoms with E-state index in [0.717, 1.165) is 31.5 Å². The van der Waals surface area contributed by atoms with E-state index in [9.17, 15) is 10.1 Å². The molecule has 106 valence electrons. The third kappa shape index (κ3) is 3.49. The SMILES string of the molecule is C#CCN1CCC(Nc2ccc(C)cc2[N+](=O)[O-])CC1. The number of hydrogen-bond acceptors (Lipinski definition) is 4. The van der Waals surface area contributed by atoms with Crippen LogP contribution in [-0.4, -0.2) is 35.5 Å². The molecule has 1 heterocycles. The van der Waals surface area contributed by atoms with Crippen LogP contribution >= 0.6 is 0 Å². The van der Waals surface area contributed by atoms with E-state index in [-0.39, 0.29) is 16.7 Å². The predicted molar refractivity (Wildman–Crippen MR) is 79.8 cm³/mol. The van der Waals surface area contributed by atoms with Gasteiger partial charge in [0.2, 0.25) is 0 Å². The lowest BCUT2D eigenvalue weighted by Crippen LogP contribution is -2.39.